The Hall–Kier alpha value is -1.10. The van der Waals surface area contributed by atoms with Crippen molar-refractivity contribution in [3.8, 4) is 5.75 Å². The first kappa shape index (κ1) is 14.8. The fraction of sp³-hybridized carbons (Fsp3) is 0.647. The van der Waals surface area contributed by atoms with E-state index in [1.54, 1.807) is 0 Å². The van der Waals surface area contributed by atoms with Gasteiger partial charge in [0.1, 0.15) is 12.4 Å². The third-order valence-electron chi connectivity index (χ3n) is 4.39. The second-order valence-corrected chi connectivity index (χ2v) is 6.26. The second kappa shape index (κ2) is 7.25. The molecule has 0 unspecified atom stereocenters. The van der Waals surface area contributed by atoms with E-state index in [-0.39, 0.29) is 0 Å². The van der Waals surface area contributed by atoms with Gasteiger partial charge in [0.2, 0.25) is 0 Å². The fourth-order valence-corrected chi connectivity index (χ4v) is 2.69. The van der Waals surface area contributed by atoms with Gasteiger partial charge in [-0.05, 0) is 26.0 Å². The Balaban J connectivity index is 1.43. The van der Waals surface area contributed by atoms with Crippen LogP contribution in [0.1, 0.15) is 18.4 Å². The molecule has 0 spiro atoms. The average molecular weight is 289 g/mol. The van der Waals surface area contributed by atoms with Gasteiger partial charge in [-0.1, -0.05) is 18.2 Å². The van der Waals surface area contributed by atoms with Crippen LogP contribution >= 0.6 is 0 Å². The molecule has 0 bridgehead atoms. The minimum absolute atomic E-state index is 0.739. The maximum absolute atomic E-state index is 6.02. The van der Waals surface area contributed by atoms with E-state index < -0.39 is 0 Å². The van der Waals surface area contributed by atoms with Gasteiger partial charge in [0.15, 0.2) is 0 Å². The fourth-order valence-electron chi connectivity index (χ4n) is 2.69. The molecular weight excluding hydrogens is 262 g/mol. The summed E-state index contributed by atoms with van der Waals surface area (Å²) in [7, 11) is 2.19. The van der Waals surface area contributed by atoms with Gasteiger partial charge in [0.25, 0.3) is 0 Å². The molecule has 1 aromatic rings. The van der Waals surface area contributed by atoms with Crippen molar-refractivity contribution < 1.29 is 4.74 Å². The monoisotopic (exact) mass is 289 g/mol. The van der Waals surface area contributed by atoms with Crippen molar-refractivity contribution in [1.82, 2.24) is 15.1 Å². The first-order chi connectivity index (χ1) is 10.3. The van der Waals surface area contributed by atoms with Gasteiger partial charge in [-0.3, -0.25) is 4.90 Å². The zero-order chi connectivity index (χ0) is 14.5. The molecule has 21 heavy (non-hydrogen) atoms. The van der Waals surface area contributed by atoms with Crippen LogP contribution < -0.4 is 10.1 Å². The summed E-state index contributed by atoms with van der Waals surface area (Å²) < 4.78 is 6.02. The highest BCUT2D eigenvalue weighted by Gasteiger charge is 2.20. The largest absolute Gasteiger partial charge is 0.492 e. The number of nitrogens with zero attached hydrogens (tertiary/aromatic N) is 2. The molecule has 4 heteroatoms. The predicted molar refractivity (Wildman–Crippen MR) is 85.7 cm³/mol. The Bertz CT molecular complexity index is 439. The summed E-state index contributed by atoms with van der Waals surface area (Å²) >= 11 is 0. The standard InChI is InChI=1S/C17H27N3O/c1-19-8-10-20(11-9-19)12-13-21-17-5-3-2-4-15(17)14-18-16-6-7-16/h2-5,16,18H,6-14H2,1H3. The maximum atomic E-state index is 6.02. The molecular formula is C17H27N3O. The quantitative estimate of drug-likeness (QED) is 0.824. The Morgan fingerprint density at radius 3 is 2.67 bits per heavy atom. The number of hydrogen-bond donors (Lipinski definition) is 1. The molecule has 2 aliphatic rings. The van der Waals surface area contributed by atoms with Crippen molar-refractivity contribution in [2.75, 3.05) is 46.4 Å². The molecule has 1 aromatic carbocycles. The molecule has 0 radical (unpaired) electrons. The number of ether oxygens (including phenoxy) is 1. The highest BCUT2D eigenvalue weighted by molar-refractivity contribution is 5.33. The van der Waals surface area contributed by atoms with E-state index in [4.69, 9.17) is 4.74 Å². The Morgan fingerprint density at radius 1 is 1.14 bits per heavy atom. The molecule has 0 atom stereocenters. The normalized spacial score (nSPS) is 20.6. The number of likely N-dealkylation sites (N-methyl/N-ethyl adjacent to an activating group) is 1. The van der Waals surface area contributed by atoms with Crippen LogP contribution in [0, 0.1) is 0 Å². The number of nitrogens with one attached hydrogen (secondary N) is 1. The van der Waals surface area contributed by atoms with Crippen molar-refractivity contribution >= 4 is 0 Å². The van der Waals surface area contributed by atoms with Gasteiger partial charge in [0, 0.05) is 50.9 Å². The Labute approximate surface area is 128 Å². The van der Waals surface area contributed by atoms with Crippen LogP contribution in [0.2, 0.25) is 0 Å². The van der Waals surface area contributed by atoms with E-state index in [0.29, 0.717) is 0 Å². The summed E-state index contributed by atoms with van der Waals surface area (Å²) in [6.45, 7) is 7.39. The maximum Gasteiger partial charge on any atom is 0.123 e. The first-order valence-electron chi connectivity index (χ1n) is 8.16. The molecule has 1 saturated heterocycles. The van der Waals surface area contributed by atoms with E-state index >= 15 is 0 Å². The highest BCUT2D eigenvalue weighted by Crippen LogP contribution is 2.22. The molecule has 0 aromatic heterocycles. The smallest absolute Gasteiger partial charge is 0.123 e. The molecule has 1 N–H and O–H groups in total. The SMILES string of the molecule is CN1CCN(CCOc2ccccc2CNC2CC2)CC1. The Kier molecular flexibility index (Phi) is 5.12. The van der Waals surface area contributed by atoms with Crippen molar-refractivity contribution in [2.24, 2.45) is 0 Å². The lowest BCUT2D eigenvalue weighted by Gasteiger charge is -2.32. The highest BCUT2D eigenvalue weighted by atomic mass is 16.5. The third kappa shape index (κ3) is 4.70. The molecule has 3 rings (SSSR count). The van der Waals surface area contributed by atoms with Crippen LogP contribution in [0.15, 0.2) is 24.3 Å². The zero-order valence-corrected chi connectivity index (χ0v) is 13.1. The molecule has 1 saturated carbocycles. The van der Waals surface area contributed by atoms with Crippen LogP contribution in [0.25, 0.3) is 0 Å². The molecule has 1 heterocycles. The number of hydrogen-bond acceptors (Lipinski definition) is 4. The van der Waals surface area contributed by atoms with E-state index in [2.05, 4.69) is 46.4 Å². The number of para-hydroxylation sites is 1. The summed E-state index contributed by atoms with van der Waals surface area (Å²) in [6.07, 6.45) is 2.65. The summed E-state index contributed by atoms with van der Waals surface area (Å²) in [5, 5.41) is 3.56. The molecule has 1 aliphatic heterocycles. The van der Waals surface area contributed by atoms with Crippen LogP contribution in [0.5, 0.6) is 5.75 Å². The lowest BCUT2D eigenvalue weighted by atomic mass is 10.2. The van der Waals surface area contributed by atoms with Gasteiger partial charge in [-0.2, -0.15) is 0 Å². The molecule has 116 valence electrons. The van der Waals surface area contributed by atoms with Crippen LogP contribution in [-0.2, 0) is 6.54 Å². The topological polar surface area (TPSA) is 27.7 Å². The zero-order valence-electron chi connectivity index (χ0n) is 13.1. The minimum atomic E-state index is 0.739. The van der Waals surface area contributed by atoms with Crippen molar-refractivity contribution in [3.63, 3.8) is 0 Å². The van der Waals surface area contributed by atoms with Gasteiger partial charge in [0.05, 0.1) is 0 Å². The van der Waals surface area contributed by atoms with E-state index in [0.717, 1.165) is 44.6 Å². The lowest BCUT2D eigenvalue weighted by Crippen LogP contribution is -2.45. The predicted octanol–water partition coefficient (Wildman–Crippen LogP) is 1.56. The third-order valence-corrected chi connectivity index (χ3v) is 4.39. The van der Waals surface area contributed by atoms with Crippen molar-refractivity contribution in [3.05, 3.63) is 29.8 Å². The van der Waals surface area contributed by atoms with Gasteiger partial charge < -0.3 is 15.0 Å². The summed E-state index contributed by atoms with van der Waals surface area (Å²) in [5.74, 6) is 1.04. The van der Waals surface area contributed by atoms with Crippen LogP contribution in [0.4, 0.5) is 0 Å². The van der Waals surface area contributed by atoms with Gasteiger partial charge >= 0.3 is 0 Å². The number of rotatable bonds is 7. The minimum Gasteiger partial charge on any atom is -0.492 e. The average Bonchev–Trinajstić information content (AvgIpc) is 3.33. The van der Waals surface area contributed by atoms with Crippen molar-refractivity contribution in [2.45, 2.75) is 25.4 Å². The second-order valence-electron chi connectivity index (χ2n) is 6.26. The summed E-state index contributed by atoms with van der Waals surface area (Å²) in [6, 6.07) is 9.15. The summed E-state index contributed by atoms with van der Waals surface area (Å²) in [4.78, 5) is 4.88. The molecule has 0 amide bonds. The van der Waals surface area contributed by atoms with E-state index in [1.807, 2.05) is 0 Å². The van der Waals surface area contributed by atoms with Gasteiger partial charge in [-0.25, -0.2) is 0 Å². The molecule has 4 nitrogen and oxygen atoms in total. The molecule has 2 fully saturated rings. The van der Waals surface area contributed by atoms with Crippen LogP contribution in [0.3, 0.4) is 0 Å². The number of benzene rings is 1. The Morgan fingerprint density at radius 2 is 1.90 bits per heavy atom. The summed E-state index contributed by atoms with van der Waals surface area (Å²) in [5.41, 5.74) is 1.28. The van der Waals surface area contributed by atoms with Gasteiger partial charge in [-0.15, -0.1) is 0 Å². The molecule has 1 aliphatic carbocycles. The van der Waals surface area contributed by atoms with E-state index in [9.17, 15) is 0 Å². The number of piperazine rings is 1. The van der Waals surface area contributed by atoms with E-state index in [1.165, 1.54) is 31.5 Å². The lowest BCUT2D eigenvalue weighted by molar-refractivity contribution is 0.133. The van der Waals surface area contributed by atoms with Crippen molar-refractivity contribution in [1.29, 1.82) is 0 Å². The first-order valence-corrected chi connectivity index (χ1v) is 8.16. The van der Waals surface area contributed by atoms with Crippen LogP contribution in [-0.4, -0.2) is 62.2 Å².